The van der Waals surface area contributed by atoms with Crippen molar-refractivity contribution in [3.05, 3.63) is 35.9 Å². The molecule has 0 spiro atoms. The first-order chi connectivity index (χ1) is 8.91. The Morgan fingerprint density at radius 2 is 1.70 bits per heavy atom. The topological polar surface area (TPSA) is 77.5 Å². The second-order valence-electron chi connectivity index (χ2n) is 3.81. The summed E-state index contributed by atoms with van der Waals surface area (Å²) in [5, 5.41) is 10.3. The number of carbonyl (C=O) groups is 1. The van der Waals surface area contributed by atoms with Crippen LogP contribution in [0, 0.1) is 0 Å². The Labute approximate surface area is 162 Å². The summed E-state index contributed by atoms with van der Waals surface area (Å²) < 4.78 is 25.7. The zero-order valence-electron chi connectivity index (χ0n) is 11.9. The zero-order valence-corrected chi connectivity index (χ0v) is 15.8. The summed E-state index contributed by atoms with van der Waals surface area (Å²) in [5.74, 6) is -1.29. The largest absolute Gasteiger partial charge is 1.00 e. The molecule has 0 aromatic heterocycles. The third-order valence-electron chi connectivity index (χ3n) is 2.64. The van der Waals surface area contributed by atoms with Crippen molar-refractivity contribution in [1.29, 1.82) is 0 Å². The molecule has 0 aliphatic carbocycles. The van der Waals surface area contributed by atoms with Gasteiger partial charge < -0.3 is 9.90 Å². The molecule has 0 aliphatic rings. The molecular weight excluding hydrogens is 305 g/mol. The number of carboxylic acid groups (broad SMARTS) is 1. The van der Waals surface area contributed by atoms with E-state index in [2.05, 4.69) is 0 Å². The van der Waals surface area contributed by atoms with E-state index in [9.17, 15) is 18.3 Å². The Hall–Kier alpha value is -0.0236. The van der Waals surface area contributed by atoms with E-state index in [1.165, 1.54) is 22.5 Å². The van der Waals surface area contributed by atoms with Gasteiger partial charge in [-0.25, -0.2) is 8.42 Å². The van der Waals surface area contributed by atoms with Gasteiger partial charge in [0.1, 0.15) is 0 Å². The predicted molar refractivity (Wildman–Crippen MR) is 70.6 cm³/mol. The van der Waals surface area contributed by atoms with Gasteiger partial charge in [0.15, 0.2) is 0 Å². The molecule has 0 fully saturated rings. The van der Waals surface area contributed by atoms with Crippen LogP contribution in [0.1, 0.15) is 19.4 Å². The Bertz CT molecular complexity index is 563. The van der Waals surface area contributed by atoms with Crippen LogP contribution in [0.3, 0.4) is 0 Å². The van der Waals surface area contributed by atoms with Crippen LogP contribution in [0.2, 0.25) is 0 Å². The SMILES string of the molecule is CCN(CC)S(=O)(=O)c1ccc(/C=C/C(=O)[O-])cc1.[K+]. The van der Waals surface area contributed by atoms with Crippen LogP contribution in [-0.4, -0.2) is 31.8 Å². The molecular formula is C13H16KNO4S. The van der Waals surface area contributed by atoms with Crippen molar-refractivity contribution in [2.45, 2.75) is 18.7 Å². The zero-order chi connectivity index (χ0) is 14.5. The summed E-state index contributed by atoms with van der Waals surface area (Å²) in [5.41, 5.74) is 0.600. The fourth-order valence-electron chi connectivity index (χ4n) is 1.63. The smallest absolute Gasteiger partial charge is 0.545 e. The Balaban J connectivity index is 0.00000361. The maximum atomic E-state index is 12.2. The molecule has 0 amide bonds. The van der Waals surface area contributed by atoms with E-state index in [1.54, 1.807) is 26.0 Å². The third-order valence-corrected chi connectivity index (χ3v) is 4.70. The molecule has 0 aliphatic heterocycles. The average molecular weight is 321 g/mol. The minimum absolute atomic E-state index is 0. The molecule has 7 heteroatoms. The molecule has 5 nitrogen and oxygen atoms in total. The standard InChI is InChI=1S/C13H17NO4S.K/c1-3-14(4-2)19(17,18)12-8-5-11(6-9-12)7-10-13(15)16;/h5-10H,3-4H2,1-2H3,(H,15,16);/q;+1/p-1/b10-7+;. The van der Waals surface area contributed by atoms with E-state index in [-0.39, 0.29) is 56.3 Å². The van der Waals surface area contributed by atoms with Gasteiger partial charge in [-0.2, -0.15) is 4.31 Å². The molecule has 1 rings (SSSR count). The van der Waals surface area contributed by atoms with E-state index in [4.69, 9.17) is 0 Å². The van der Waals surface area contributed by atoms with Gasteiger partial charge in [-0.15, -0.1) is 0 Å². The van der Waals surface area contributed by atoms with Crippen molar-refractivity contribution in [2.75, 3.05) is 13.1 Å². The molecule has 0 N–H and O–H groups in total. The second kappa shape index (κ2) is 9.09. The van der Waals surface area contributed by atoms with Gasteiger partial charge in [0, 0.05) is 13.1 Å². The van der Waals surface area contributed by atoms with Crippen molar-refractivity contribution in [1.82, 2.24) is 4.31 Å². The summed E-state index contributed by atoms with van der Waals surface area (Å²) in [7, 11) is -3.47. The van der Waals surface area contributed by atoms with Crippen LogP contribution in [-0.2, 0) is 14.8 Å². The summed E-state index contributed by atoms with van der Waals surface area (Å²) in [6.07, 6.45) is 2.25. The molecule has 20 heavy (non-hydrogen) atoms. The number of aliphatic carboxylic acids is 1. The number of benzene rings is 1. The van der Waals surface area contributed by atoms with E-state index >= 15 is 0 Å². The van der Waals surface area contributed by atoms with Crippen molar-refractivity contribution in [3.8, 4) is 0 Å². The minimum Gasteiger partial charge on any atom is -0.545 e. The minimum atomic E-state index is -3.47. The summed E-state index contributed by atoms with van der Waals surface area (Å²) in [4.78, 5) is 10.5. The molecule has 0 radical (unpaired) electrons. The molecule has 0 atom stereocenters. The Kier molecular flexibility index (Phi) is 9.08. The van der Waals surface area contributed by atoms with Gasteiger partial charge in [0.05, 0.1) is 10.9 Å². The first kappa shape index (κ1) is 20.0. The molecule has 1 aromatic rings. The molecule has 0 bridgehead atoms. The predicted octanol–water partition coefficient (Wildman–Crippen LogP) is -2.52. The number of carboxylic acids is 1. The van der Waals surface area contributed by atoms with E-state index in [1.807, 2.05) is 0 Å². The normalized spacial score (nSPS) is 11.6. The maximum absolute atomic E-state index is 12.2. The summed E-state index contributed by atoms with van der Waals surface area (Å²) >= 11 is 0. The van der Waals surface area contributed by atoms with Gasteiger partial charge in [-0.05, 0) is 23.8 Å². The van der Waals surface area contributed by atoms with Crippen molar-refractivity contribution in [2.24, 2.45) is 0 Å². The third kappa shape index (κ3) is 5.40. The van der Waals surface area contributed by atoms with Gasteiger partial charge in [0.25, 0.3) is 0 Å². The number of carbonyl (C=O) groups excluding carboxylic acids is 1. The monoisotopic (exact) mass is 321 g/mol. The average Bonchev–Trinajstić information content (AvgIpc) is 2.38. The molecule has 0 heterocycles. The number of hydrogen-bond acceptors (Lipinski definition) is 4. The van der Waals surface area contributed by atoms with Crippen molar-refractivity contribution in [3.63, 3.8) is 0 Å². The van der Waals surface area contributed by atoms with Crippen LogP contribution in [0.15, 0.2) is 35.2 Å². The van der Waals surface area contributed by atoms with Crippen molar-refractivity contribution < 1.29 is 69.7 Å². The van der Waals surface area contributed by atoms with Crippen LogP contribution in [0.5, 0.6) is 0 Å². The molecule has 104 valence electrons. The number of hydrogen-bond donors (Lipinski definition) is 0. The van der Waals surface area contributed by atoms with E-state index in [0.717, 1.165) is 6.08 Å². The summed E-state index contributed by atoms with van der Waals surface area (Å²) in [6.45, 7) is 4.37. The van der Waals surface area contributed by atoms with E-state index < -0.39 is 16.0 Å². The number of sulfonamides is 1. The number of rotatable bonds is 6. The Morgan fingerprint density at radius 1 is 1.20 bits per heavy atom. The fourth-order valence-corrected chi connectivity index (χ4v) is 3.09. The first-order valence-electron chi connectivity index (χ1n) is 5.91. The van der Waals surface area contributed by atoms with Crippen LogP contribution < -0.4 is 56.5 Å². The first-order valence-corrected chi connectivity index (χ1v) is 7.35. The van der Waals surface area contributed by atoms with Gasteiger partial charge in [-0.3, -0.25) is 0 Å². The van der Waals surface area contributed by atoms with Crippen LogP contribution in [0.25, 0.3) is 6.08 Å². The van der Waals surface area contributed by atoms with Gasteiger partial charge in [0.2, 0.25) is 10.0 Å². The maximum Gasteiger partial charge on any atom is 1.00 e. The van der Waals surface area contributed by atoms with E-state index in [0.29, 0.717) is 18.7 Å². The van der Waals surface area contributed by atoms with Crippen LogP contribution >= 0.6 is 0 Å². The quantitative estimate of drug-likeness (QED) is 0.428. The summed E-state index contributed by atoms with van der Waals surface area (Å²) in [6, 6.07) is 6.02. The fraction of sp³-hybridized carbons (Fsp3) is 0.308. The molecule has 0 unspecified atom stereocenters. The van der Waals surface area contributed by atoms with Crippen LogP contribution in [0.4, 0.5) is 0 Å². The van der Waals surface area contributed by atoms with Crippen molar-refractivity contribution >= 4 is 22.1 Å². The Morgan fingerprint density at radius 3 is 2.10 bits per heavy atom. The molecule has 1 aromatic carbocycles. The molecule has 0 saturated heterocycles. The van der Waals surface area contributed by atoms with Gasteiger partial charge in [-0.1, -0.05) is 32.1 Å². The van der Waals surface area contributed by atoms with Gasteiger partial charge >= 0.3 is 51.4 Å². The number of nitrogens with zero attached hydrogens (tertiary/aromatic N) is 1. The second-order valence-corrected chi connectivity index (χ2v) is 5.75. The molecule has 0 saturated carbocycles.